The molecule has 0 saturated carbocycles. The quantitative estimate of drug-likeness (QED) is 0.122. The predicted molar refractivity (Wildman–Crippen MR) is 354 cm³/mol. The SMILES string of the molecule is C=C1OCCOCCOC(C(=O)Nc2ccc(C#Cc3c4ccccc4c(C#Cc4ccc(OC)cc4)c4ccccc34)cc2)C(=C)OCCOCCOC1C(=O)Nc1ccc(C#Cc2c3ccccc3c(C#Cc3ccc(OC)cc3)c3ccccc23)cc1. The van der Waals surface area contributed by atoms with Crippen LogP contribution < -0.4 is 20.1 Å². The van der Waals surface area contributed by atoms with E-state index in [2.05, 4.69) is 120 Å². The molecule has 0 aromatic heterocycles. The van der Waals surface area contributed by atoms with E-state index < -0.39 is 24.0 Å². The molecule has 12 nitrogen and oxygen atoms in total. The third-order valence-electron chi connectivity index (χ3n) is 14.8. The lowest BCUT2D eigenvalue weighted by atomic mass is 9.92. The van der Waals surface area contributed by atoms with Crippen molar-refractivity contribution in [2.45, 2.75) is 12.2 Å². The molecular weight excluding hydrogens is 1120 g/mol. The number of benzene rings is 10. The molecular formula is C78H62N2O10. The summed E-state index contributed by atoms with van der Waals surface area (Å²) in [5, 5.41) is 13.9. The third kappa shape index (κ3) is 14.8. The average molecular weight is 1190 g/mol. The molecule has 0 bridgehead atoms. The Labute approximate surface area is 523 Å². The molecule has 12 heteroatoms. The molecule has 2 amide bonds. The van der Waals surface area contributed by atoms with Crippen molar-refractivity contribution in [3.8, 4) is 58.9 Å². The van der Waals surface area contributed by atoms with Crippen LogP contribution in [0.3, 0.4) is 0 Å². The van der Waals surface area contributed by atoms with E-state index in [1.807, 2.05) is 121 Å². The molecule has 1 fully saturated rings. The van der Waals surface area contributed by atoms with Gasteiger partial charge in [-0.05, 0) is 140 Å². The molecule has 1 saturated heterocycles. The number of methoxy groups -OCH3 is 2. The zero-order valence-corrected chi connectivity index (χ0v) is 49.8. The van der Waals surface area contributed by atoms with Gasteiger partial charge in [-0.2, -0.15) is 0 Å². The molecule has 0 aliphatic carbocycles. The lowest BCUT2D eigenvalue weighted by Crippen LogP contribution is -2.35. The van der Waals surface area contributed by atoms with Gasteiger partial charge in [-0.15, -0.1) is 0 Å². The number of hydrogen-bond donors (Lipinski definition) is 2. The van der Waals surface area contributed by atoms with Gasteiger partial charge in [0.15, 0.2) is 12.2 Å². The van der Waals surface area contributed by atoms with Crippen molar-refractivity contribution in [3.05, 3.63) is 263 Å². The summed E-state index contributed by atoms with van der Waals surface area (Å²) in [6.07, 6.45) is -2.35. The molecule has 2 N–H and O–H groups in total. The Bertz CT molecular complexity index is 4160. The molecule has 1 aliphatic heterocycles. The Morgan fingerprint density at radius 3 is 0.878 bits per heavy atom. The standard InChI is InChI=1S/C78H62N2O10/c1-53-75(77(81)79-59-33-21-55(22-34-59)29-41-71-63-13-5-9-17-67(63)73(68-18-10-6-14-64(68)71)43-31-57-25-37-61(83-3)38-26-57)89-51-47-86-46-50-88-54(2)76(90-52-48-85-45-49-87-53)78(82)80-60-35-23-56(24-36-60)30-42-72-65-15-7-11-19-69(65)74(70-20-12-8-16-66(70)72)44-32-58-27-39-62(84-4)40-28-58/h5-28,33-40,75-76H,1-2,45-52H2,3-4H3,(H,79,81)(H,80,82). The first-order chi connectivity index (χ1) is 44.2. The Morgan fingerprint density at radius 2 is 0.611 bits per heavy atom. The molecule has 2 atom stereocenters. The van der Waals surface area contributed by atoms with Crippen molar-refractivity contribution in [1.29, 1.82) is 0 Å². The van der Waals surface area contributed by atoms with Crippen LogP contribution in [0, 0.1) is 47.4 Å². The summed E-state index contributed by atoms with van der Waals surface area (Å²) in [7, 11) is 3.29. The van der Waals surface area contributed by atoms with Crippen molar-refractivity contribution in [3.63, 3.8) is 0 Å². The van der Waals surface area contributed by atoms with E-state index in [1.54, 1.807) is 38.5 Å². The summed E-state index contributed by atoms with van der Waals surface area (Å²) < 4.78 is 46.0. The van der Waals surface area contributed by atoms with Crippen molar-refractivity contribution in [1.82, 2.24) is 0 Å². The van der Waals surface area contributed by atoms with Crippen LogP contribution in [0.2, 0.25) is 0 Å². The summed E-state index contributed by atoms with van der Waals surface area (Å²) in [4.78, 5) is 27.6. The number of carbonyl (C=O) groups excluding carboxylic acids is 2. The van der Waals surface area contributed by atoms with Gasteiger partial charge in [0.25, 0.3) is 11.8 Å². The average Bonchev–Trinajstić information content (AvgIpc) is 1.70. The molecule has 10 aromatic rings. The summed E-state index contributed by atoms with van der Waals surface area (Å²) in [5.74, 6) is 28.0. The summed E-state index contributed by atoms with van der Waals surface area (Å²) in [6, 6.07) is 62.6. The Hall–Kier alpha value is -11.1. The molecule has 2 unspecified atom stereocenters. The highest BCUT2D eigenvalue weighted by Gasteiger charge is 2.27. The second-order valence-corrected chi connectivity index (χ2v) is 20.6. The zero-order chi connectivity index (χ0) is 62.0. The summed E-state index contributed by atoms with van der Waals surface area (Å²) in [5.41, 5.74) is 7.96. The van der Waals surface area contributed by atoms with Crippen LogP contribution in [0.4, 0.5) is 11.4 Å². The molecule has 1 aliphatic rings. The highest BCUT2D eigenvalue weighted by atomic mass is 16.6. The van der Waals surface area contributed by atoms with E-state index in [4.69, 9.17) is 37.9 Å². The van der Waals surface area contributed by atoms with Gasteiger partial charge in [-0.1, -0.05) is 158 Å². The Morgan fingerprint density at radius 1 is 0.356 bits per heavy atom. The van der Waals surface area contributed by atoms with Crippen molar-refractivity contribution >= 4 is 66.3 Å². The first-order valence-corrected chi connectivity index (χ1v) is 29.3. The molecule has 10 aromatic carbocycles. The number of carbonyl (C=O) groups is 2. The van der Waals surface area contributed by atoms with Crippen LogP contribution in [0.15, 0.2) is 219 Å². The largest absolute Gasteiger partial charge is 0.497 e. The van der Waals surface area contributed by atoms with E-state index in [1.165, 1.54) is 0 Å². The van der Waals surface area contributed by atoms with E-state index in [0.29, 0.717) is 11.4 Å². The van der Waals surface area contributed by atoms with Crippen LogP contribution in [-0.2, 0) is 38.0 Å². The topological polar surface area (TPSA) is 132 Å². The van der Waals surface area contributed by atoms with Gasteiger partial charge in [0, 0.05) is 55.9 Å². The van der Waals surface area contributed by atoms with Crippen molar-refractivity contribution < 1.29 is 47.5 Å². The number of fused-ring (bicyclic) bond motifs is 4. The van der Waals surface area contributed by atoms with E-state index in [-0.39, 0.29) is 64.4 Å². The van der Waals surface area contributed by atoms with E-state index >= 15 is 0 Å². The van der Waals surface area contributed by atoms with Gasteiger partial charge >= 0.3 is 0 Å². The maximum absolute atomic E-state index is 13.8. The number of amides is 2. The molecule has 0 spiro atoms. The maximum Gasteiger partial charge on any atom is 0.261 e. The predicted octanol–water partition coefficient (Wildman–Crippen LogP) is 13.4. The summed E-state index contributed by atoms with van der Waals surface area (Å²) >= 11 is 0. The Kier molecular flexibility index (Phi) is 19.9. The van der Waals surface area contributed by atoms with Gasteiger partial charge in [-0.25, -0.2) is 0 Å². The number of ether oxygens (including phenoxy) is 8. The number of hydrogen-bond acceptors (Lipinski definition) is 10. The fourth-order valence-corrected chi connectivity index (χ4v) is 10.3. The first kappa shape index (κ1) is 60.6. The van der Waals surface area contributed by atoms with Crippen LogP contribution in [-0.4, -0.2) is 91.1 Å². The summed E-state index contributed by atoms with van der Waals surface area (Å²) in [6.45, 7) is 8.67. The normalized spacial score (nSPS) is 14.9. The van der Waals surface area contributed by atoms with Crippen molar-refractivity contribution in [2.24, 2.45) is 0 Å². The minimum Gasteiger partial charge on any atom is -0.497 e. The molecule has 1 heterocycles. The molecule has 11 rings (SSSR count). The molecule has 444 valence electrons. The highest BCUT2D eigenvalue weighted by Crippen LogP contribution is 2.34. The zero-order valence-electron chi connectivity index (χ0n) is 49.8. The fourth-order valence-electron chi connectivity index (χ4n) is 10.3. The number of nitrogens with one attached hydrogen (secondary N) is 2. The maximum atomic E-state index is 13.8. The van der Waals surface area contributed by atoms with E-state index in [0.717, 1.165) is 99.1 Å². The monoisotopic (exact) mass is 1190 g/mol. The molecule has 0 radical (unpaired) electrons. The third-order valence-corrected chi connectivity index (χ3v) is 14.8. The van der Waals surface area contributed by atoms with Crippen LogP contribution in [0.25, 0.3) is 43.1 Å². The van der Waals surface area contributed by atoms with Crippen molar-refractivity contribution in [2.75, 3.05) is 77.7 Å². The highest BCUT2D eigenvalue weighted by molar-refractivity contribution is 6.11. The van der Waals surface area contributed by atoms with Gasteiger partial charge < -0.3 is 48.5 Å². The van der Waals surface area contributed by atoms with Crippen LogP contribution >= 0.6 is 0 Å². The van der Waals surface area contributed by atoms with Gasteiger partial charge in [0.2, 0.25) is 0 Å². The number of rotatable bonds is 6. The second-order valence-electron chi connectivity index (χ2n) is 20.6. The second kappa shape index (κ2) is 29.6. The first-order valence-electron chi connectivity index (χ1n) is 29.3. The lowest BCUT2D eigenvalue weighted by Gasteiger charge is -2.22. The fraction of sp³-hybridized carbons (Fsp3) is 0.154. The van der Waals surface area contributed by atoms with Crippen LogP contribution in [0.1, 0.15) is 44.5 Å². The van der Waals surface area contributed by atoms with Crippen LogP contribution in [0.5, 0.6) is 11.5 Å². The van der Waals surface area contributed by atoms with Gasteiger partial charge in [-0.3, -0.25) is 9.59 Å². The number of anilines is 2. The van der Waals surface area contributed by atoms with E-state index in [9.17, 15) is 9.59 Å². The Balaban J connectivity index is 0.688. The minimum absolute atomic E-state index is 0.0216. The smallest absolute Gasteiger partial charge is 0.261 e. The lowest BCUT2D eigenvalue weighted by molar-refractivity contribution is -0.131. The molecule has 90 heavy (non-hydrogen) atoms. The van der Waals surface area contributed by atoms with Gasteiger partial charge in [0.1, 0.15) is 36.2 Å². The minimum atomic E-state index is -1.18. The van der Waals surface area contributed by atoms with Gasteiger partial charge in [0.05, 0.1) is 53.9 Å².